The molecule has 156 valence electrons. The summed E-state index contributed by atoms with van der Waals surface area (Å²) in [5, 5.41) is 1.32. The molecule has 6 rings (SSSR count). The van der Waals surface area contributed by atoms with Crippen LogP contribution < -0.4 is 0 Å². The third-order valence-electron chi connectivity index (χ3n) is 6.13. The monoisotopic (exact) mass is 438 g/mol. The summed E-state index contributed by atoms with van der Waals surface area (Å²) in [7, 11) is 0. The molecule has 0 spiro atoms. The topological polar surface area (TPSA) is 0 Å². The van der Waals surface area contributed by atoms with Crippen LogP contribution in [-0.2, 0) is 0 Å². The second-order valence-corrected chi connectivity index (χ2v) is 9.24. The molecule has 0 aliphatic rings. The molecular formula is C32H22S. The highest BCUT2D eigenvalue weighted by Crippen LogP contribution is 2.45. The molecule has 5 aromatic carbocycles. The van der Waals surface area contributed by atoms with Gasteiger partial charge in [-0.2, -0.15) is 0 Å². The molecule has 1 heterocycles. The van der Waals surface area contributed by atoms with Crippen molar-refractivity contribution in [1.29, 1.82) is 0 Å². The molecule has 33 heavy (non-hydrogen) atoms. The van der Waals surface area contributed by atoms with Crippen molar-refractivity contribution >= 4 is 21.4 Å². The molecule has 0 atom stereocenters. The van der Waals surface area contributed by atoms with Crippen molar-refractivity contribution in [3.63, 3.8) is 0 Å². The molecule has 0 radical (unpaired) electrons. The van der Waals surface area contributed by atoms with E-state index in [-0.39, 0.29) is 0 Å². The predicted octanol–water partition coefficient (Wildman–Crippen LogP) is 9.57. The van der Waals surface area contributed by atoms with Gasteiger partial charge in [0, 0.05) is 20.5 Å². The zero-order valence-corrected chi connectivity index (χ0v) is 18.9. The van der Waals surface area contributed by atoms with Crippen LogP contribution in [0.3, 0.4) is 0 Å². The van der Waals surface area contributed by atoms with Gasteiger partial charge in [-0.25, -0.2) is 0 Å². The first-order chi connectivity index (χ1) is 16.4. The Morgan fingerprint density at radius 2 is 0.758 bits per heavy atom. The number of hydrogen-bond acceptors (Lipinski definition) is 1. The molecule has 0 fully saturated rings. The van der Waals surface area contributed by atoms with Crippen molar-refractivity contribution in [2.75, 3.05) is 0 Å². The Bertz CT molecular complexity index is 1510. The highest BCUT2D eigenvalue weighted by atomic mass is 32.1. The van der Waals surface area contributed by atoms with Gasteiger partial charge >= 0.3 is 0 Å². The van der Waals surface area contributed by atoms with Crippen LogP contribution in [0, 0.1) is 0 Å². The van der Waals surface area contributed by atoms with Gasteiger partial charge in [-0.3, -0.25) is 0 Å². The SMILES string of the molecule is c1ccc(-c2ccc(-c3sc4ccccc4c3-c3ccc(-c4ccccc4)cc3)cc2)cc1. The number of benzene rings is 5. The molecule has 0 aliphatic carbocycles. The van der Waals surface area contributed by atoms with Crippen LogP contribution >= 0.6 is 11.3 Å². The molecule has 0 amide bonds. The zero-order chi connectivity index (χ0) is 22.0. The van der Waals surface area contributed by atoms with Crippen LogP contribution in [-0.4, -0.2) is 0 Å². The normalized spacial score (nSPS) is 11.0. The number of rotatable bonds is 4. The second kappa shape index (κ2) is 8.54. The minimum atomic E-state index is 1.24. The molecule has 0 saturated carbocycles. The fourth-order valence-corrected chi connectivity index (χ4v) is 5.67. The van der Waals surface area contributed by atoms with Gasteiger partial charge in [0.25, 0.3) is 0 Å². The van der Waals surface area contributed by atoms with Crippen LogP contribution in [0.15, 0.2) is 133 Å². The van der Waals surface area contributed by atoms with E-state index in [9.17, 15) is 0 Å². The maximum atomic E-state index is 2.26. The Morgan fingerprint density at radius 1 is 0.333 bits per heavy atom. The number of thiophene rings is 1. The van der Waals surface area contributed by atoms with Gasteiger partial charge in [0.1, 0.15) is 0 Å². The first-order valence-electron chi connectivity index (χ1n) is 11.2. The van der Waals surface area contributed by atoms with Crippen LogP contribution in [0.25, 0.3) is 53.9 Å². The Hall–Kier alpha value is -3.94. The second-order valence-electron chi connectivity index (χ2n) is 8.19. The van der Waals surface area contributed by atoms with E-state index in [0.717, 1.165) is 0 Å². The first kappa shape index (κ1) is 19.7. The van der Waals surface area contributed by atoms with E-state index < -0.39 is 0 Å². The lowest BCUT2D eigenvalue weighted by Crippen LogP contribution is -1.83. The van der Waals surface area contributed by atoms with Crippen LogP contribution in [0.1, 0.15) is 0 Å². The molecule has 0 saturated heterocycles. The third kappa shape index (κ3) is 3.77. The fourth-order valence-electron chi connectivity index (χ4n) is 4.44. The Kier molecular flexibility index (Phi) is 5.10. The summed E-state index contributed by atoms with van der Waals surface area (Å²) in [6.45, 7) is 0. The molecule has 0 N–H and O–H groups in total. The molecule has 6 aromatic rings. The summed E-state index contributed by atoms with van der Waals surface area (Å²) in [6, 6.07) is 47.8. The average Bonchev–Trinajstić information content (AvgIpc) is 3.30. The quantitative estimate of drug-likeness (QED) is 0.257. The van der Waals surface area contributed by atoms with Gasteiger partial charge in [-0.1, -0.05) is 127 Å². The molecule has 0 nitrogen and oxygen atoms in total. The Balaban J connectivity index is 1.45. The summed E-state index contributed by atoms with van der Waals surface area (Å²) < 4.78 is 1.32. The van der Waals surface area contributed by atoms with E-state index in [1.165, 1.54) is 53.9 Å². The Labute approximate surface area is 198 Å². The predicted molar refractivity (Wildman–Crippen MR) is 144 cm³/mol. The third-order valence-corrected chi connectivity index (χ3v) is 7.35. The molecule has 1 heteroatoms. The lowest BCUT2D eigenvalue weighted by Gasteiger charge is -2.09. The van der Waals surface area contributed by atoms with Gasteiger partial charge in [-0.15, -0.1) is 11.3 Å². The van der Waals surface area contributed by atoms with Gasteiger partial charge < -0.3 is 0 Å². The van der Waals surface area contributed by atoms with E-state index in [2.05, 4.69) is 133 Å². The highest BCUT2D eigenvalue weighted by molar-refractivity contribution is 7.23. The molecule has 0 aliphatic heterocycles. The van der Waals surface area contributed by atoms with Crippen molar-refractivity contribution in [1.82, 2.24) is 0 Å². The number of fused-ring (bicyclic) bond motifs is 1. The van der Waals surface area contributed by atoms with Crippen LogP contribution in [0.5, 0.6) is 0 Å². The average molecular weight is 439 g/mol. The lowest BCUT2D eigenvalue weighted by atomic mass is 9.95. The minimum Gasteiger partial charge on any atom is -0.135 e. The maximum absolute atomic E-state index is 2.26. The zero-order valence-electron chi connectivity index (χ0n) is 18.1. The smallest absolute Gasteiger partial charge is 0.0433 e. The molecule has 0 bridgehead atoms. The van der Waals surface area contributed by atoms with Crippen molar-refractivity contribution in [2.24, 2.45) is 0 Å². The van der Waals surface area contributed by atoms with Gasteiger partial charge in [0.05, 0.1) is 0 Å². The lowest BCUT2D eigenvalue weighted by molar-refractivity contribution is 1.60. The van der Waals surface area contributed by atoms with Crippen molar-refractivity contribution in [2.45, 2.75) is 0 Å². The molecule has 0 unspecified atom stereocenters. The van der Waals surface area contributed by atoms with E-state index in [4.69, 9.17) is 0 Å². The molecular weight excluding hydrogens is 416 g/mol. The number of hydrogen-bond donors (Lipinski definition) is 0. The molecule has 1 aromatic heterocycles. The van der Waals surface area contributed by atoms with Crippen molar-refractivity contribution in [3.8, 4) is 43.8 Å². The summed E-state index contributed by atoms with van der Waals surface area (Å²) in [5.74, 6) is 0. The maximum Gasteiger partial charge on any atom is 0.0433 e. The minimum absolute atomic E-state index is 1.24. The van der Waals surface area contributed by atoms with Gasteiger partial charge in [-0.05, 0) is 39.4 Å². The Morgan fingerprint density at radius 3 is 1.33 bits per heavy atom. The van der Waals surface area contributed by atoms with E-state index in [1.807, 2.05) is 11.3 Å². The van der Waals surface area contributed by atoms with E-state index in [1.54, 1.807) is 0 Å². The van der Waals surface area contributed by atoms with Crippen LogP contribution in [0.2, 0.25) is 0 Å². The highest BCUT2D eigenvalue weighted by Gasteiger charge is 2.16. The van der Waals surface area contributed by atoms with Gasteiger partial charge in [0.2, 0.25) is 0 Å². The summed E-state index contributed by atoms with van der Waals surface area (Å²) in [4.78, 5) is 1.32. The largest absolute Gasteiger partial charge is 0.135 e. The standard InChI is InChI=1S/C32H22S/c1-3-9-23(10-4-1)25-15-19-27(20-16-25)31-29-13-7-8-14-30(29)33-32(31)28-21-17-26(18-22-28)24-11-5-2-6-12-24/h1-22H. The van der Waals surface area contributed by atoms with E-state index in [0.29, 0.717) is 0 Å². The van der Waals surface area contributed by atoms with E-state index >= 15 is 0 Å². The van der Waals surface area contributed by atoms with Crippen LogP contribution in [0.4, 0.5) is 0 Å². The van der Waals surface area contributed by atoms with Crippen molar-refractivity contribution < 1.29 is 0 Å². The first-order valence-corrected chi connectivity index (χ1v) is 12.0. The summed E-state index contributed by atoms with van der Waals surface area (Å²) in [6.07, 6.45) is 0. The summed E-state index contributed by atoms with van der Waals surface area (Å²) >= 11 is 1.87. The fraction of sp³-hybridized carbons (Fsp3) is 0. The summed E-state index contributed by atoms with van der Waals surface area (Å²) in [5.41, 5.74) is 8.82. The van der Waals surface area contributed by atoms with Crippen molar-refractivity contribution in [3.05, 3.63) is 133 Å². The van der Waals surface area contributed by atoms with Gasteiger partial charge in [0.15, 0.2) is 0 Å².